The summed E-state index contributed by atoms with van der Waals surface area (Å²) in [6.45, 7) is 0. The van der Waals surface area contributed by atoms with Gasteiger partial charge in [0.1, 0.15) is 5.75 Å². The number of phenolic OH excluding ortho intramolecular Hbond substituents is 1. The Labute approximate surface area is 210 Å². The summed E-state index contributed by atoms with van der Waals surface area (Å²) in [6.07, 6.45) is 0.613. The summed E-state index contributed by atoms with van der Waals surface area (Å²) in [5.41, 5.74) is 4.02. The molecule has 0 bridgehead atoms. The molecule has 176 valence electrons. The van der Waals surface area contributed by atoms with E-state index in [1.54, 1.807) is 18.2 Å². The van der Waals surface area contributed by atoms with Gasteiger partial charge in [-0.25, -0.2) is 0 Å². The largest absolute Gasteiger partial charge is 0.508 e. The molecular formula is C33H26O3. The van der Waals surface area contributed by atoms with E-state index in [1.807, 2.05) is 97.1 Å². The Balaban J connectivity index is 1.45. The molecule has 0 aliphatic heterocycles. The van der Waals surface area contributed by atoms with Crippen LogP contribution in [-0.4, -0.2) is 16.7 Å². The van der Waals surface area contributed by atoms with Crippen molar-refractivity contribution in [1.29, 1.82) is 0 Å². The van der Waals surface area contributed by atoms with Crippen LogP contribution < -0.4 is 0 Å². The number of ketones is 2. The van der Waals surface area contributed by atoms with E-state index < -0.39 is 5.92 Å². The summed E-state index contributed by atoms with van der Waals surface area (Å²) in [7, 11) is 0. The predicted octanol–water partition coefficient (Wildman–Crippen LogP) is 7.84. The van der Waals surface area contributed by atoms with Gasteiger partial charge >= 0.3 is 0 Å². The molecule has 5 aromatic carbocycles. The highest BCUT2D eigenvalue weighted by Crippen LogP contribution is 2.31. The first kappa shape index (κ1) is 23.3. The van der Waals surface area contributed by atoms with Crippen LogP contribution in [0, 0.1) is 0 Å². The fourth-order valence-corrected chi connectivity index (χ4v) is 4.66. The summed E-state index contributed by atoms with van der Waals surface area (Å²) in [4.78, 5) is 26.8. The van der Waals surface area contributed by atoms with Gasteiger partial charge in [0.2, 0.25) is 0 Å². The van der Waals surface area contributed by atoms with Gasteiger partial charge in [0, 0.05) is 23.5 Å². The maximum Gasteiger partial charge on any atom is 0.170 e. The lowest BCUT2D eigenvalue weighted by Crippen LogP contribution is -2.15. The minimum absolute atomic E-state index is 0.00803. The van der Waals surface area contributed by atoms with Crippen LogP contribution >= 0.6 is 0 Å². The van der Waals surface area contributed by atoms with E-state index in [1.165, 1.54) is 6.07 Å². The first-order valence-electron chi connectivity index (χ1n) is 12.1. The fraction of sp³-hybridized carbons (Fsp3) is 0.0909. The lowest BCUT2D eigenvalue weighted by atomic mass is 9.84. The molecule has 1 atom stereocenters. The van der Waals surface area contributed by atoms with Crippen LogP contribution in [-0.2, 0) is 0 Å². The van der Waals surface area contributed by atoms with Gasteiger partial charge in [0.25, 0.3) is 0 Å². The molecular weight excluding hydrogens is 444 g/mol. The molecule has 0 heterocycles. The zero-order chi connectivity index (χ0) is 24.9. The van der Waals surface area contributed by atoms with Crippen molar-refractivity contribution in [3.63, 3.8) is 0 Å². The highest BCUT2D eigenvalue weighted by molar-refractivity contribution is 6.03. The van der Waals surface area contributed by atoms with Gasteiger partial charge in [-0.05, 0) is 52.1 Å². The van der Waals surface area contributed by atoms with Crippen molar-refractivity contribution in [2.24, 2.45) is 0 Å². The third-order valence-electron chi connectivity index (χ3n) is 6.57. The normalized spacial score (nSPS) is 11.8. The first-order valence-corrected chi connectivity index (χ1v) is 12.1. The quantitative estimate of drug-likeness (QED) is 0.235. The number of Topliss-reactive ketones (excluding diaryl/α,β-unsaturated/α-hetero) is 2. The number of aromatic hydroxyl groups is 1. The van der Waals surface area contributed by atoms with Crippen LogP contribution in [0.2, 0.25) is 0 Å². The van der Waals surface area contributed by atoms with E-state index in [0.717, 1.165) is 27.5 Å². The van der Waals surface area contributed by atoms with Crippen LogP contribution in [0.4, 0.5) is 0 Å². The Morgan fingerprint density at radius 2 is 1.33 bits per heavy atom. The van der Waals surface area contributed by atoms with Crippen molar-refractivity contribution >= 4 is 22.3 Å². The molecule has 1 N–H and O–H groups in total. The van der Waals surface area contributed by atoms with E-state index in [-0.39, 0.29) is 23.7 Å². The fourth-order valence-electron chi connectivity index (χ4n) is 4.66. The van der Waals surface area contributed by atoms with Crippen molar-refractivity contribution in [2.75, 3.05) is 0 Å². The van der Waals surface area contributed by atoms with Gasteiger partial charge in [-0.15, -0.1) is 0 Å². The minimum Gasteiger partial charge on any atom is -0.508 e. The molecule has 5 aromatic rings. The zero-order valence-corrected chi connectivity index (χ0v) is 19.8. The number of benzene rings is 5. The van der Waals surface area contributed by atoms with Crippen LogP contribution in [0.25, 0.3) is 21.9 Å². The van der Waals surface area contributed by atoms with E-state index >= 15 is 0 Å². The van der Waals surface area contributed by atoms with E-state index in [0.29, 0.717) is 17.5 Å². The smallest absolute Gasteiger partial charge is 0.170 e. The van der Waals surface area contributed by atoms with Gasteiger partial charge in [0.15, 0.2) is 11.6 Å². The molecule has 0 aliphatic rings. The number of hydrogen-bond donors (Lipinski definition) is 1. The molecule has 0 radical (unpaired) electrons. The van der Waals surface area contributed by atoms with Crippen molar-refractivity contribution < 1.29 is 14.7 Å². The van der Waals surface area contributed by atoms with Crippen molar-refractivity contribution in [2.45, 2.75) is 18.8 Å². The molecule has 0 aromatic heterocycles. The average Bonchev–Trinajstić information content (AvgIpc) is 2.93. The molecule has 36 heavy (non-hydrogen) atoms. The lowest BCUT2D eigenvalue weighted by molar-refractivity contribution is 0.0936. The Morgan fingerprint density at radius 3 is 2.14 bits per heavy atom. The Hall–Kier alpha value is -4.50. The number of carbonyl (C=O) groups is 2. The molecule has 0 aliphatic carbocycles. The van der Waals surface area contributed by atoms with E-state index in [4.69, 9.17) is 0 Å². The predicted molar refractivity (Wildman–Crippen MR) is 145 cm³/mol. The van der Waals surface area contributed by atoms with Gasteiger partial charge < -0.3 is 5.11 Å². The molecule has 0 amide bonds. The molecule has 0 spiro atoms. The number of carbonyl (C=O) groups excluding carboxylic acids is 2. The van der Waals surface area contributed by atoms with Crippen molar-refractivity contribution in [1.82, 2.24) is 0 Å². The monoisotopic (exact) mass is 470 g/mol. The van der Waals surface area contributed by atoms with Gasteiger partial charge in [-0.3, -0.25) is 9.59 Å². The highest BCUT2D eigenvalue weighted by Gasteiger charge is 2.24. The summed E-state index contributed by atoms with van der Waals surface area (Å²) >= 11 is 0. The summed E-state index contributed by atoms with van der Waals surface area (Å²) < 4.78 is 0. The van der Waals surface area contributed by atoms with Crippen LogP contribution in [0.3, 0.4) is 0 Å². The Morgan fingerprint density at radius 1 is 0.611 bits per heavy atom. The Kier molecular flexibility index (Phi) is 6.72. The summed E-state index contributed by atoms with van der Waals surface area (Å²) in [5, 5.41) is 12.1. The van der Waals surface area contributed by atoms with Crippen molar-refractivity contribution in [3.05, 3.63) is 138 Å². The molecule has 5 rings (SSSR count). The van der Waals surface area contributed by atoms with Crippen LogP contribution in [0.5, 0.6) is 5.75 Å². The Bertz CT molecular complexity index is 1540. The third kappa shape index (κ3) is 5.11. The number of phenols is 1. The zero-order valence-electron chi connectivity index (χ0n) is 19.8. The number of fused-ring (bicyclic) bond motifs is 1. The lowest BCUT2D eigenvalue weighted by Gasteiger charge is -2.18. The molecule has 1 unspecified atom stereocenters. The van der Waals surface area contributed by atoms with Gasteiger partial charge in [0.05, 0.1) is 0 Å². The maximum absolute atomic E-state index is 13.6. The minimum atomic E-state index is -0.514. The van der Waals surface area contributed by atoms with Crippen LogP contribution in [0.1, 0.15) is 45.0 Å². The molecule has 3 heteroatoms. The van der Waals surface area contributed by atoms with Gasteiger partial charge in [-0.1, -0.05) is 103 Å². The second-order valence-electron chi connectivity index (χ2n) is 8.98. The van der Waals surface area contributed by atoms with Crippen LogP contribution in [0.15, 0.2) is 121 Å². The average molecular weight is 471 g/mol. The SMILES string of the molecule is O=C(CCC(C(=O)c1cccc(O)c1)c1cccc(-c2ccccc2)c1)c1ccc2ccccc2c1. The summed E-state index contributed by atoms with van der Waals surface area (Å²) in [6, 6.07) is 38.1. The second-order valence-corrected chi connectivity index (χ2v) is 8.98. The summed E-state index contributed by atoms with van der Waals surface area (Å²) in [5.74, 6) is -0.569. The maximum atomic E-state index is 13.6. The highest BCUT2D eigenvalue weighted by atomic mass is 16.3. The number of hydrogen-bond acceptors (Lipinski definition) is 3. The van der Waals surface area contributed by atoms with E-state index in [2.05, 4.69) is 0 Å². The molecule has 0 fully saturated rings. The molecule has 0 saturated carbocycles. The molecule has 0 saturated heterocycles. The number of rotatable bonds is 8. The second kappa shape index (κ2) is 10.4. The van der Waals surface area contributed by atoms with E-state index in [9.17, 15) is 14.7 Å². The first-order chi connectivity index (χ1) is 17.6. The third-order valence-corrected chi connectivity index (χ3v) is 6.57. The standard InChI is InChI=1S/C33H26O3/c34-30-15-7-14-29(22-30)33(36)31(27-13-6-12-26(20-27)23-8-2-1-3-9-23)18-19-32(35)28-17-16-24-10-4-5-11-25(24)21-28/h1-17,20-22,31,34H,18-19H2. The van der Waals surface area contributed by atoms with Gasteiger partial charge in [-0.2, -0.15) is 0 Å². The van der Waals surface area contributed by atoms with Crippen molar-refractivity contribution in [3.8, 4) is 16.9 Å². The topological polar surface area (TPSA) is 54.4 Å². The molecule has 3 nitrogen and oxygen atoms in total.